The molecule has 1 aromatic heterocycles. The van der Waals surface area contributed by atoms with E-state index in [1.807, 2.05) is 0 Å². The molecule has 1 heterocycles. The third-order valence-electron chi connectivity index (χ3n) is 3.52. The van der Waals surface area contributed by atoms with Gasteiger partial charge in [-0.3, -0.25) is 0 Å². The van der Waals surface area contributed by atoms with Gasteiger partial charge < -0.3 is 15.9 Å². The number of halogens is 2. The summed E-state index contributed by atoms with van der Waals surface area (Å²) >= 11 is 5.77. The molecule has 106 valence electrons. The van der Waals surface area contributed by atoms with Crippen molar-refractivity contribution in [2.75, 3.05) is 6.54 Å². The maximum absolute atomic E-state index is 13.8. The maximum Gasteiger partial charge on any atom is 0.165 e. The van der Waals surface area contributed by atoms with Crippen molar-refractivity contribution in [1.29, 1.82) is 0 Å². The smallest absolute Gasteiger partial charge is 0.165 e. The lowest BCUT2D eigenvalue weighted by Crippen LogP contribution is -2.38. The molecule has 2 rings (SSSR count). The number of aliphatic hydroxyl groups is 2. The third-order valence-corrected chi connectivity index (χ3v) is 3.77. The van der Waals surface area contributed by atoms with Gasteiger partial charge in [0.15, 0.2) is 11.0 Å². The van der Waals surface area contributed by atoms with E-state index in [4.69, 9.17) is 17.3 Å². The van der Waals surface area contributed by atoms with Crippen LogP contribution in [0.25, 0.3) is 0 Å². The lowest BCUT2D eigenvalue weighted by atomic mass is 9.91. The van der Waals surface area contributed by atoms with Crippen molar-refractivity contribution in [2.45, 2.75) is 37.9 Å². The molecule has 1 aromatic rings. The SMILES string of the molecule is CC(O)Cc1cc(C(O)(CN)C2CC2)nc(Cl)c1F. The number of hydrogen-bond donors (Lipinski definition) is 3. The molecule has 0 radical (unpaired) electrons. The highest BCUT2D eigenvalue weighted by molar-refractivity contribution is 6.29. The topological polar surface area (TPSA) is 79.4 Å². The monoisotopic (exact) mass is 288 g/mol. The first-order valence-electron chi connectivity index (χ1n) is 6.34. The molecule has 0 aromatic carbocycles. The molecule has 4 N–H and O–H groups in total. The Balaban J connectivity index is 2.43. The van der Waals surface area contributed by atoms with Crippen LogP contribution in [0.4, 0.5) is 4.39 Å². The van der Waals surface area contributed by atoms with Crippen LogP contribution in [0.3, 0.4) is 0 Å². The van der Waals surface area contributed by atoms with E-state index < -0.39 is 17.5 Å². The summed E-state index contributed by atoms with van der Waals surface area (Å²) < 4.78 is 13.8. The molecular weight excluding hydrogens is 271 g/mol. The summed E-state index contributed by atoms with van der Waals surface area (Å²) in [6, 6.07) is 1.46. The molecule has 2 unspecified atom stereocenters. The van der Waals surface area contributed by atoms with E-state index in [9.17, 15) is 14.6 Å². The van der Waals surface area contributed by atoms with Crippen LogP contribution in [-0.2, 0) is 12.0 Å². The van der Waals surface area contributed by atoms with Crippen LogP contribution < -0.4 is 5.73 Å². The third kappa shape index (κ3) is 2.89. The fraction of sp³-hybridized carbons (Fsp3) is 0.615. The van der Waals surface area contributed by atoms with E-state index >= 15 is 0 Å². The second-order valence-electron chi connectivity index (χ2n) is 5.23. The van der Waals surface area contributed by atoms with Crippen molar-refractivity contribution in [3.8, 4) is 0 Å². The highest BCUT2D eigenvalue weighted by Crippen LogP contribution is 2.45. The zero-order valence-electron chi connectivity index (χ0n) is 10.7. The van der Waals surface area contributed by atoms with Gasteiger partial charge in [0.05, 0.1) is 11.8 Å². The summed E-state index contributed by atoms with van der Waals surface area (Å²) in [4.78, 5) is 3.92. The second-order valence-corrected chi connectivity index (χ2v) is 5.59. The second kappa shape index (κ2) is 5.32. The molecule has 4 nitrogen and oxygen atoms in total. The fourth-order valence-electron chi connectivity index (χ4n) is 2.28. The number of nitrogens with zero attached hydrogens (tertiary/aromatic N) is 1. The normalized spacial score (nSPS) is 20.1. The van der Waals surface area contributed by atoms with Gasteiger partial charge in [-0.05, 0) is 37.3 Å². The molecule has 1 aliphatic carbocycles. The summed E-state index contributed by atoms with van der Waals surface area (Å²) in [7, 11) is 0. The summed E-state index contributed by atoms with van der Waals surface area (Å²) in [6.45, 7) is 1.57. The average Bonchev–Trinajstić information content (AvgIpc) is 3.17. The van der Waals surface area contributed by atoms with E-state index in [1.165, 1.54) is 6.07 Å². The van der Waals surface area contributed by atoms with E-state index in [0.717, 1.165) is 12.8 Å². The molecular formula is C13H18ClFN2O2. The number of aliphatic hydroxyl groups excluding tert-OH is 1. The largest absolute Gasteiger partial charge is 0.393 e. The van der Waals surface area contributed by atoms with E-state index in [0.29, 0.717) is 5.69 Å². The van der Waals surface area contributed by atoms with Gasteiger partial charge in [0.2, 0.25) is 0 Å². The number of nitrogens with two attached hydrogens (primary N) is 1. The minimum Gasteiger partial charge on any atom is -0.393 e. The van der Waals surface area contributed by atoms with Crippen LogP contribution >= 0.6 is 11.6 Å². The summed E-state index contributed by atoms with van der Waals surface area (Å²) in [5.74, 6) is -0.604. The number of hydrogen-bond acceptors (Lipinski definition) is 4. The lowest BCUT2D eigenvalue weighted by molar-refractivity contribution is 0.0177. The number of aromatic nitrogens is 1. The van der Waals surface area contributed by atoms with Crippen molar-refractivity contribution >= 4 is 11.6 Å². The first-order chi connectivity index (χ1) is 8.88. The van der Waals surface area contributed by atoms with Crippen LogP contribution in [0.15, 0.2) is 6.07 Å². The molecule has 19 heavy (non-hydrogen) atoms. The Morgan fingerprint density at radius 3 is 2.74 bits per heavy atom. The highest BCUT2D eigenvalue weighted by atomic mass is 35.5. The molecule has 0 spiro atoms. The zero-order chi connectivity index (χ0) is 14.2. The van der Waals surface area contributed by atoms with Gasteiger partial charge >= 0.3 is 0 Å². The average molecular weight is 289 g/mol. The fourth-order valence-corrected chi connectivity index (χ4v) is 2.49. The predicted molar refractivity (Wildman–Crippen MR) is 70.3 cm³/mol. The molecule has 1 saturated carbocycles. The van der Waals surface area contributed by atoms with Crippen molar-refractivity contribution in [2.24, 2.45) is 11.7 Å². The van der Waals surface area contributed by atoms with E-state index in [1.54, 1.807) is 6.92 Å². The molecule has 1 fully saturated rings. The van der Waals surface area contributed by atoms with E-state index in [2.05, 4.69) is 4.98 Å². The first kappa shape index (κ1) is 14.7. The van der Waals surface area contributed by atoms with Crippen LogP contribution in [0.2, 0.25) is 5.15 Å². The Labute approximate surface area is 116 Å². The first-order valence-corrected chi connectivity index (χ1v) is 6.72. The molecule has 1 aliphatic rings. The summed E-state index contributed by atoms with van der Waals surface area (Å²) in [6.07, 6.45) is 1.16. The van der Waals surface area contributed by atoms with Gasteiger partial charge in [-0.2, -0.15) is 0 Å². The quantitative estimate of drug-likeness (QED) is 0.715. The van der Waals surface area contributed by atoms with Gasteiger partial charge in [0.1, 0.15) is 5.60 Å². The Bertz CT molecular complexity index is 480. The summed E-state index contributed by atoms with van der Waals surface area (Å²) in [5, 5.41) is 19.7. The minimum absolute atomic E-state index is 0.0146. The molecule has 0 bridgehead atoms. The maximum atomic E-state index is 13.8. The Kier molecular flexibility index (Phi) is 4.11. The Morgan fingerprint density at radius 2 is 2.26 bits per heavy atom. The Hall–Kier alpha value is -0.750. The molecule has 2 atom stereocenters. The van der Waals surface area contributed by atoms with Crippen molar-refractivity contribution < 1.29 is 14.6 Å². The Morgan fingerprint density at radius 1 is 1.63 bits per heavy atom. The minimum atomic E-state index is -1.26. The number of pyridine rings is 1. The highest BCUT2D eigenvalue weighted by Gasteiger charge is 2.45. The van der Waals surface area contributed by atoms with Gasteiger partial charge in [0, 0.05) is 13.0 Å². The van der Waals surface area contributed by atoms with Gasteiger partial charge in [-0.25, -0.2) is 9.37 Å². The summed E-state index contributed by atoms with van der Waals surface area (Å²) in [5.41, 5.74) is 4.92. The number of rotatable bonds is 5. The lowest BCUT2D eigenvalue weighted by Gasteiger charge is -2.26. The van der Waals surface area contributed by atoms with Crippen LogP contribution in [0, 0.1) is 11.7 Å². The van der Waals surface area contributed by atoms with Crippen LogP contribution in [-0.4, -0.2) is 27.8 Å². The van der Waals surface area contributed by atoms with Crippen molar-refractivity contribution in [1.82, 2.24) is 4.98 Å². The van der Waals surface area contributed by atoms with Gasteiger partial charge in [0.25, 0.3) is 0 Å². The zero-order valence-corrected chi connectivity index (χ0v) is 11.5. The predicted octanol–water partition coefficient (Wildman–Crippen LogP) is 1.35. The van der Waals surface area contributed by atoms with Gasteiger partial charge in [-0.1, -0.05) is 11.6 Å². The molecule has 0 amide bonds. The standard InChI is InChI=1S/C13H18ClFN2O2/c1-7(18)4-8-5-10(17-12(14)11(8)15)13(19,6-16)9-2-3-9/h5,7,9,18-19H,2-4,6,16H2,1H3. The van der Waals surface area contributed by atoms with Gasteiger partial charge in [-0.15, -0.1) is 0 Å². The van der Waals surface area contributed by atoms with Crippen LogP contribution in [0.1, 0.15) is 31.0 Å². The van der Waals surface area contributed by atoms with Crippen LogP contribution in [0.5, 0.6) is 0 Å². The van der Waals surface area contributed by atoms with Crippen molar-refractivity contribution in [3.63, 3.8) is 0 Å². The van der Waals surface area contributed by atoms with Crippen molar-refractivity contribution in [3.05, 3.63) is 28.3 Å². The molecule has 0 saturated heterocycles. The van der Waals surface area contributed by atoms with E-state index in [-0.39, 0.29) is 29.6 Å². The molecule has 0 aliphatic heterocycles. The molecule has 6 heteroatoms.